The average molecular weight is 250 g/mol. The molecule has 16 heavy (non-hydrogen) atoms. The summed E-state index contributed by atoms with van der Waals surface area (Å²) in [4.78, 5) is -0.358. The molecule has 1 N–H and O–H groups in total. The highest BCUT2D eigenvalue weighted by atomic mass is 32.2. The fourth-order valence-electron chi connectivity index (χ4n) is 1.22. The number of benzene rings is 1. The van der Waals surface area contributed by atoms with Crippen molar-refractivity contribution in [3.05, 3.63) is 29.3 Å². The predicted molar refractivity (Wildman–Crippen MR) is 54.7 cm³/mol. The molecular weight excluding hydrogens is 238 g/mol. The zero-order valence-corrected chi connectivity index (χ0v) is 9.90. The van der Waals surface area contributed by atoms with Crippen LogP contribution < -0.4 is 0 Å². The van der Waals surface area contributed by atoms with E-state index in [-0.39, 0.29) is 10.5 Å². The first kappa shape index (κ1) is 13.1. The number of hydrogen-bond acceptors (Lipinski definition) is 3. The topological polar surface area (TPSA) is 54.4 Å². The van der Waals surface area contributed by atoms with Crippen molar-refractivity contribution in [2.75, 3.05) is 6.26 Å². The predicted octanol–water partition coefficient (Wildman–Crippen LogP) is 1.60. The lowest BCUT2D eigenvalue weighted by Gasteiger charge is -2.19. The maximum absolute atomic E-state index is 13.3. The Morgan fingerprint density at radius 3 is 2.12 bits per heavy atom. The lowest BCUT2D eigenvalue weighted by atomic mass is 9.98. The van der Waals surface area contributed by atoms with Crippen molar-refractivity contribution in [1.82, 2.24) is 0 Å². The third-order valence-corrected chi connectivity index (χ3v) is 3.18. The van der Waals surface area contributed by atoms with Crippen LogP contribution in [0.25, 0.3) is 0 Å². The molecule has 0 spiro atoms. The summed E-state index contributed by atoms with van der Waals surface area (Å²) in [5.74, 6) is -2.53. The molecule has 1 aromatic rings. The van der Waals surface area contributed by atoms with Gasteiger partial charge >= 0.3 is 0 Å². The molecule has 0 aromatic heterocycles. The Balaban J connectivity index is 3.59. The second-order valence-corrected chi connectivity index (χ2v) is 6.11. The minimum absolute atomic E-state index is 0.358. The van der Waals surface area contributed by atoms with Crippen LogP contribution in [0.2, 0.25) is 0 Å². The zero-order chi connectivity index (χ0) is 12.7. The van der Waals surface area contributed by atoms with Crippen molar-refractivity contribution in [2.45, 2.75) is 24.3 Å². The largest absolute Gasteiger partial charge is 0.386 e. The smallest absolute Gasteiger partial charge is 0.175 e. The minimum Gasteiger partial charge on any atom is -0.386 e. The second-order valence-electron chi connectivity index (χ2n) is 4.10. The molecule has 0 aliphatic rings. The highest BCUT2D eigenvalue weighted by molar-refractivity contribution is 7.90. The monoisotopic (exact) mass is 250 g/mol. The van der Waals surface area contributed by atoms with Gasteiger partial charge in [0.1, 0.15) is 0 Å². The fraction of sp³-hybridized carbons (Fsp3) is 0.400. The Morgan fingerprint density at radius 2 is 1.75 bits per heavy atom. The number of halogens is 2. The van der Waals surface area contributed by atoms with Gasteiger partial charge in [-0.25, -0.2) is 17.2 Å². The van der Waals surface area contributed by atoms with Gasteiger partial charge in [0.2, 0.25) is 0 Å². The molecular formula is C10H12F2O3S. The van der Waals surface area contributed by atoms with Gasteiger partial charge in [-0.3, -0.25) is 0 Å². The van der Waals surface area contributed by atoms with Crippen molar-refractivity contribution >= 4 is 9.84 Å². The molecule has 0 radical (unpaired) electrons. The van der Waals surface area contributed by atoms with Gasteiger partial charge in [0, 0.05) is 11.8 Å². The Bertz CT molecular complexity index is 516. The summed E-state index contributed by atoms with van der Waals surface area (Å²) >= 11 is 0. The van der Waals surface area contributed by atoms with Gasteiger partial charge in [0.15, 0.2) is 21.5 Å². The van der Waals surface area contributed by atoms with Crippen molar-refractivity contribution in [3.63, 3.8) is 0 Å². The van der Waals surface area contributed by atoms with Crippen LogP contribution in [0.15, 0.2) is 17.0 Å². The van der Waals surface area contributed by atoms with Crippen molar-refractivity contribution in [3.8, 4) is 0 Å². The molecule has 6 heteroatoms. The van der Waals surface area contributed by atoms with E-state index in [4.69, 9.17) is 0 Å². The van der Waals surface area contributed by atoms with Gasteiger partial charge in [0.25, 0.3) is 0 Å². The molecule has 0 aliphatic carbocycles. The van der Waals surface area contributed by atoms with E-state index < -0.39 is 27.1 Å². The number of hydrogen-bond donors (Lipinski definition) is 1. The minimum atomic E-state index is -3.64. The van der Waals surface area contributed by atoms with Crippen LogP contribution in [0.3, 0.4) is 0 Å². The van der Waals surface area contributed by atoms with E-state index in [0.717, 1.165) is 12.3 Å². The summed E-state index contributed by atoms with van der Waals surface area (Å²) in [5.41, 5.74) is -2.03. The van der Waals surface area contributed by atoms with Gasteiger partial charge in [-0.1, -0.05) is 0 Å². The maximum Gasteiger partial charge on any atom is 0.175 e. The summed E-state index contributed by atoms with van der Waals surface area (Å²) in [6.45, 7) is 2.49. The van der Waals surface area contributed by atoms with Crippen LogP contribution in [0.4, 0.5) is 8.78 Å². The first-order chi connectivity index (χ1) is 7.03. The van der Waals surface area contributed by atoms with E-state index in [1.165, 1.54) is 13.8 Å². The first-order valence-electron chi connectivity index (χ1n) is 4.45. The fourth-order valence-corrected chi connectivity index (χ4v) is 1.87. The lowest BCUT2D eigenvalue weighted by Crippen LogP contribution is -2.19. The van der Waals surface area contributed by atoms with Gasteiger partial charge in [-0.05, 0) is 26.0 Å². The summed E-state index contributed by atoms with van der Waals surface area (Å²) in [6.07, 6.45) is 0.883. The molecule has 0 amide bonds. The standard InChI is InChI=1S/C10H12F2O3S/c1-10(2,13)7-4-6(16(3,14)15)5-8(11)9(7)12/h4-5,13H,1-3H3. The molecule has 0 heterocycles. The zero-order valence-electron chi connectivity index (χ0n) is 9.08. The van der Waals surface area contributed by atoms with E-state index in [0.29, 0.717) is 6.07 Å². The van der Waals surface area contributed by atoms with E-state index >= 15 is 0 Å². The summed E-state index contributed by atoms with van der Waals surface area (Å²) in [5, 5.41) is 9.58. The van der Waals surface area contributed by atoms with E-state index in [1.54, 1.807) is 0 Å². The lowest BCUT2D eigenvalue weighted by molar-refractivity contribution is 0.0734. The normalized spacial score (nSPS) is 12.9. The van der Waals surface area contributed by atoms with Crippen LogP contribution >= 0.6 is 0 Å². The molecule has 0 aliphatic heterocycles. The Morgan fingerprint density at radius 1 is 1.25 bits per heavy atom. The molecule has 0 unspecified atom stereocenters. The van der Waals surface area contributed by atoms with Crippen LogP contribution in [0.1, 0.15) is 19.4 Å². The average Bonchev–Trinajstić information content (AvgIpc) is 2.05. The molecule has 0 saturated heterocycles. The summed E-state index contributed by atoms with van der Waals surface area (Å²) < 4.78 is 48.9. The van der Waals surface area contributed by atoms with Gasteiger partial charge in [0.05, 0.1) is 10.5 Å². The summed E-state index contributed by atoms with van der Waals surface area (Å²) in [7, 11) is -3.64. The molecule has 0 atom stereocenters. The van der Waals surface area contributed by atoms with Crippen LogP contribution in [0, 0.1) is 11.6 Å². The number of aliphatic hydroxyl groups is 1. The van der Waals surface area contributed by atoms with Crippen LogP contribution in [-0.2, 0) is 15.4 Å². The van der Waals surface area contributed by atoms with Crippen molar-refractivity contribution < 1.29 is 22.3 Å². The first-order valence-corrected chi connectivity index (χ1v) is 6.34. The molecule has 1 aromatic carbocycles. The van der Waals surface area contributed by atoms with Gasteiger partial charge in [-0.15, -0.1) is 0 Å². The molecule has 0 saturated carbocycles. The van der Waals surface area contributed by atoms with E-state index in [1.807, 2.05) is 0 Å². The highest BCUT2D eigenvalue weighted by Gasteiger charge is 2.25. The number of sulfone groups is 1. The Kier molecular flexibility index (Phi) is 3.08. The quantitative estimate of drug-likeness (QED) is 0.811. The van der Waals surface area contributed by atoms with Gasteiger partial charge < -0.3 is 5.11 Å². The Labute approximate surface area is 92.6 Å². The van der Waals surface area contributed by atoms with Crippen LogP contribution in [0.5, 0.6) is 0 Å². The molecule has 0 bridgehead atoms. The molecule has 0 fully saturated rings. The van der Waals surface area contributed by atoms with Crippen molar-refractivity contribution in [2.24, 2.45) is 0 Å². The molecule has 1 rings (SSSR count). The van der Waals surface area contributed by atoms with E-state index in [2.05, 4.69) is 0 Å². The molecule has 3 nitrogen and oxygen atoms in total. The number of rotatable bonds is 2. The third-order valence-electron chi connectivity index (χ3n) is 2.09. The summed E-state index contributed by atoms with van der Waals surface area (Å²) in [6, 6.07) is 1.54. The second kappa shape index (κ2) is 3.78. The Hall–Kier alpha value is -1.01. The van der Waals surface area contributed by atoms with Crippen LogP contribution in [-0.4, -0.2) is 19.8 Å². The van der Waals surface area contributed by atoms with Gasteiger partial charge in [-0.2, -0.15) is 0 Å². The third kappa shape index (κ3) is 2.56. The maximum atomic E-state index is 13.3. The highest BCUT2D eigenvalue weighted by Crippen LogP contribution is 2.27. The van der Waals surface area contributed by atoms with E-state index in [9.17, 15) is 22.3 Å². The SMILES string of the molecule is CC(C)(O)c1cc(S(C)(=O)=O)cc(F)c1F. The molecule has 90 valence electrons. The van der Waals surface area contributed by atoms with Crippen molar-refractivity contribution in [1.29, 1.82) is 0 Å².